The Labute approximate surface area is 251 Å². The van der Waals surface area contributed by atoms with Gasteiger partial charge in [0.15, 0.2) is 0 Å². The number of amides is 2. The van der Waals surface area contributed by atoms with Crippen molar-refractivity contribution in [2.24, 2.45) is 0 Å². The fourth-order valence-electron chi connectivity index (χ4n) is 4.45. The number of aryl methyl sites for hydroxylation is 2. The molecule has 0 aliphatic heterocycles. The molecule has 0 aliphatic rings. The molecule has 3 aromatic carbocycles. The van der Waals surface area contributed by atoms with Crippen LogP contribution in [0.5, 0.6) is 5.75 Å². The van der Waals surface area contributed by atoms with Crippen LogP contribution in [0.15, 0.2) is 76.1 Å². The van der Waals surface area contributed by atoms with Crippen molar-refractivity contribution in [1.82, 2.24) is 10.2 Å². The molecule has 41 heavy (non-hydrogen) atoms. The minimum absolute atomic E-state index is 0.00593. The van der Waals surface area contributed by atoms with Crippen molar-refractivity contribution in [2.45, 2.75) is 64.6 Å². The van der Waals surface area contributed by atoms with Gasteiger partial charge in [0.1, 0.15) is 18.3 Å². The lowest BCUT2D eigenvalue weighted by Gasteiger charge is -2.34. The number of anilines is 1. The lowest BCUT2D eigenvalue weighted by molar-refractivity contribution is -0.140. The van der Waals surface area contributed by atoms with Crippen LogP contribution in [-0.2, 0) is 26.2 Å². The van der Waals surface area contributed by atoms with Crippen molar-refractivity contribution in [1.29, 1.82) is 0 Å². The Morgan fingerprint density at radius 3 is 2.22 bits per heavy atom. The van der Waals surface area contributed by atoms with E-state index in [1.54, 1.807) is 30.3 Å². The Kier molecular flexibility index (Phi) is 11.0. The van der Waals surface area contributed by atoms with Gasteiger partial charge in [-0.1, -0.05) is 48.9 Å². The predicted molar refractivity (Wildman–Crippen MR) is 165 cm³/mol. The Bertz CT molecular complexity index is 1480. The van der Waals surface area contributed by atoms with Gasteiger partial charge in [0.25, 0.3) is 10.0 Å². The van der Waals surface area contributed by atoms with Crippen LogP contribution in [0, 0.1) is 13.8 Å². The highest BCUT2D eigenvalue weighted by atomic mass is 79.9. The molecule has 1 N–H and O–H groups in total. The molecule has 0 bridgehead atoms. The molecule has 8 nitrogen and oxygen atoms in total. The van der Waals surface area contributed by atoms with Crippen LogP contribution in [0.25, 0.3) is 0 Å². The summed E-state index contributed by atoms with van der Waals surface area (Å²) in [5, 5.41) is 2.91. The van der Waals surface area contributed by atoms with Gasteiger partial charge in [-0.3, -0.25) is 13.9 Å². The van der Waals surface area contributed by atoms with Crippen molar-refractivity contribution < 1.29 is 22.7 Å². The lowest BCUT2D eigenvalue weighted by atomic mass is 10.1. The highest BCUT2D eigenvalue weighted by molar-refractivity contribution is 9.10. The van der Waals surface area contributed by atoms with Crippen LogP contribution < -0.4 is 14.4 Å². The third-order valence-electron chi connectivity index (χ3n) is 6.73. The molecular weight excluding hydrogens is 606 g/mol. The summed E-state index contributed by atoms with van der Waals surface area (Å²) in [6.07, 6.45) is 0.360. The van der Waals surface area contributed by atoms with E-state index in [4.69, 9.17) is 4.74 Å². The maximum Gasteiger partial charge on any atom is 0.264 e. The summed E-state index contributed by atoms with van der Waals surface area (Å²) < 4.78 is 35.0. The minimum atomic E-state index is -4.20. The van der Waals surface area contributed by atoms with Gasteiger partial charge in [-0.2, -0.15) is 0 Å². The third-order valence-corrected chi connectivity index (χ3v) is 9.12. The molecule has 0 saturated heterocycles. The molecule has 10 heteroatoms. The average Bonchev–Trinajstić information content (AvgIpc) is 2.92. The SMILES string of the molecule is CC[C@@H](C(=O)NC(C)C)N(Cc1ccccc1C)C(=O)CN(c1ccc(C)cc1)S(=O)(=O)c1ccc(OC)c(Br)c1. The molecule has 3 aromatic rings. The zero-order valence-electron chi connectivity index (χ0n) is 24.3. The van der Waals surface area contributed by atoms with Gasteiger partial charge in [-0.05, 0) is 91.5 Å². The average molecular weight is 645 g/mol. The summed E-state index contributed by atoms with van der Waals surface area (Å²) in [6.45, 7) is 9.06. The maximum atomic E-state index is 14.2. The first kappa shape index (κ1) is 32.1. The van der Waals surface area contributed by atoms with E-state index in [1.807, 2.05) is 58.9 Å². The number of sulfonamides is 1. The van der Waals surface area contributed by atoms with Gasteiger partial charge in [-0.25, -0.2) is 8.42 Å². The lowest BCUT2D eigenvalue weighted by Crippen LogP contribution is -2.53. The summed E-state index contributed by atoms with van der Waals surface area (Å²) >= 11 is 3.37. The Hall–Kier alpha value is -3.37. The van der Waals surface area contributed by atoms with Gasteiger partial charge in [0.2, 0.25) is 11.8 Å². The van der Waals surface area contributed by atoms with E-state index >= 15 is 0 Å². The second-order valence-electron chi connectivity index (χ2n) is 10.2. The number of nitrogens with zero attached hydrogens (tertiary/aromatic N) is 2. The molecule has 0 fully saturated rings. The number of benzene rings is 3. The normalized spacial score (nSPS) is 12.1. The number of methoxy groups -OCH3 is 1. The van der Waals surface area contributed by atoms with E-state index in [9.17, 15) is 18.0 Å². The predicted octanol–water partition coefficient (Wildman–Crippen LogP) is 5.60. The molecule has 3 rings (SSSR count). The summed E-state index contributed by atoms with van der Waals surface area (Å²) in [4.78, 5) is 28.9. The summed E-state index contributed by atoms with van der Waals surface area (Å²) in [6, 6.07) is 18.1. The first-order valence-electron chi connectivity index (χ1n) is 13.5. The number of hydrogen-bond donors (Lipinski definition) is 1. The molecule has 0 heterocycles. The van der Waals surface area contributed by atoms with Crippen LogP contribution in [0.3, 0.4) is 0 Å². The number of nitrogens with one attached hydrogen (secondary N) is 1. The number of hydrogen-bond acceptors (Lipinski definition) is 5. The molecule has 0 aromatic heterocycles. The van der Waals surface area contributed by atoms with E-state index in [1.165, 1.54) is 24.1 Å². The molecule has 0 aliphatic carbocycles. The molecule has 0 radical (unpaired) electrons. The smallest absolute Gasteiger partial charge is 0.264 e. The highest BCUT2D eigenvalue weighted by Gasteiger charge is 2.34. The zero-order valence-corrected chi connectivity index (χ0v) is 26.8. The fraction of sp³-hybridized carbons (Fsp3) is 0.355. The number of rotatable bonds is 12. The van der Waals surface area contributed by atoms with Gasteiger partial charge >= 0.3 is 0 Å². The molecule has 0 saturated carbocycles. The van der Waals surface area contributed by atoms with Crippen molar-refractivity contribution >= 4 is 43.5 Å². The molecule has 0 unspecified atom stereocenters. The van der Waals surface area contributed by atoms with Crippen molar-refractivity contribution in [3.05, 3.63) is 87.9 Å². The van der Waals surface area contributed by atoms with Gasteiger partial charge in [-0.15, -0.1) is 0 Å². The van der Waals surface area contributed by atoms with E-state index in [-0.39, 0.29) is 23.4 Å². The Morgan fingerprint density at radius 1 is 1.00 bits per heavy atom. The Morgan fingerprint density at radius 2 is 1.66 bits per heavy atom. The second kappa shape index (κ2) is 14.0. The van der Waals surface area contributed by atoms with Crippen LogP contribution in [0.1, 0.15) is 43.9 Å². The zero-order chi connectivity index (χ0) is 30.3. The first-order chi connectivity index (χ1) is 19.4. The maximum absolute atomic E-state index is 14.2. The van der Waals surface area contributed by atoms with Crippen molar-refractivity contribution in [3.63, 3.8) is 0 Å². The van der Waals surface area contributed by atoms with E-state index in [2.05, 4.69) is 21.2 Å². The number of halogens is 1. The number of ether oxygens (including phenoxy) is 1. The molecule has 0 spiro atoms. The van der Waals surface area contributed by atoms with Gasteiger partial charge in [0, 0.05) is 12.6 Å². The minimum Gasteiger partial charge on any atom is -0.496 e. The van der Waals surface area contributed by atoms with Crippen LogP contribution in [0.4, 0.5) is 5.69 Å². The van der Waals surface area contributed by atoms with Gasteiger partial charge < -0.3 is 15.0 Å². The number of carbonyl (C=O) groups excluding carboxylic acids is 2. The van der Waals surface area contributed by atoms with E-state index < -0.39 is 28.5 Å². The molecule has 1 atom stereocenters. The monoisotopic (exact) mass is 643 g/mol. The molecular formula is C31H38BrN3O5S. The fourth-order valence-corrected chi connectivity index (χ4v) is 6.58. The second-order valence-corrected chi connectivity index (χ2v) is 12.9. The molecule has 220 valence electrons. The summed E-state index contributed by atoms with van der Waals surface area (Å²) in [5.41, 5.74) is 3.13. The Balaban J connectivity index is 2.09. The van der Waals surface area contributed by atoms with E-state index in [0.29, 0.717) is 22.3 Å². The highest BCUT2D eigenvalue weighted by Crippen LogP contribution is 2.31. The van der Waals surface area contributed by atoms with Crippen LogP contribution in [0.2, 0.25) is 0 Å². The topological polar surface area (TPSA) is 96.0 Å². The largest absolute Gasteiger partial charge is 0.496 e. The number of carbonyl (C=O) groups is 2. The summed E-state index contributed by atoms with van der Waals surface area (Å²) in [5.74, 6) is -0.294. The summed E-state index contributed by atoms with van der Waals surface area (Å²) in [7, 11) is -2.70. The third kappa shape index (κ3) is 7.89. The van der Waals surface area contributed by atoms with Gasteiger partial charge in [0.05, 0.1) is 22.2 Å². The first-order valence-corrected chi connectivity index (χ1v) is 15.7. The van der Waals surface area contributed by atoms with Crippen molar-refractivity contribution in [2.75, 3.05) is 18.0 Å². The van der Waals surface area contributed by atoms with Crippen LogP contribution >= 0.6 is 15.9 Å². The van der Waals surface area contributed by atoms with E-state index in [0.717, 1.165) is 21.0 Å². The van der Waals surface area contributed by atoms with Crippen molar-refractivity contribution in [3.8, 4) is 5.75 Å². The molecule has 2 amide bonds. The standard InChI is InChI=1S/C31H38BrN3O5S/c1-7-28(31(37)33-21(2)3)34(19-24-11-9-8-10-23(24)5)30(36)20-35(25-14-12-22(4)13-15-25)41(38,39)26-16-17-29(40-6)27(32)18-26/h8-18,21,28H,7,19-20H2,1-6H3,(H,33,37)/t28-/m0/s1. The van der Waals surface area contributed by atoms with Crippen LogP contribution in [-0.4, -0.2) is 50.9 Å². The quantitative estimate of drug-likeness (QED) is 0.277.